The van der Waals surface area contributed by atoms with Crippen LogP contribution in [0.25, 0.3) is 10.9 Å². The van der Waals surface area contributed by atoms with Gasteiger partial charge in [-0.15, -0.1) is 0 Å². The van der Waals surface area contributed by atoms with E-state index in [0.717, 1.165) is 48.7 Å². The van der Waals surface area contributed by atoms with Gasteiger partial charge in [-0.1, -0.05) is 6.42 Å². The van der Waals surface area contributed by atoms with Gasteiger partial charge in [-0.3, -0.25) is 9.69 Å². The van der Waals surface area contributed by atoms with Crippen molar-refractivity contribution < 1.29 is 18.3 Å². The van der Waals surface area contributed by atoms with Crippen molar-refractivity contribution in [3.05, 3.63) is 64.9 Å². The molecule has 1 aliphatic carbocycles. The number of halogens is 2. The third kappa shape index (κ3) is 3.86. The maximum Gasteiger partial charge on any atom is 0.252 e. The maximum absolute atomic E-state index is 14.6. The summed E-state index contributed by atoms with van der Waals surface area (Å²) in [5, 5.41) is 0.927. The van der Waals surface area contributed by atoms with E-state index in [1.165, 1.54) is 24.6 Å². The molecule has 5 rings (SSSR count). The van der Waals surface area contributed by atoms with Gasteiger partial charge in [0.2, 0.25) is 0 Å². The molecule has 168 valence electrons. The number of nitrogens with two attached hydrogens (primary N) is 1. The molecule has 2 aromatic carbocycles. The Labute approximate surface area is 185 Å². The average molecular weight is 440 g/mol. The molecule has 1 fully saturated rings. The average Bonchev–Trinajstić information content (AvgIpc) is 3.13. The first-order chi connectivity index (χ1) is 15.5. The van der Waals surface area contributed by atoms with Crippen LogP contribution in [0.15, 0.2) is 36.5 Å². The summed E-state index contributed by atoms with van der Waals surface area (Å²) in [4.78, 5) is 17.4. The first-order valence-electron chi connectivity index (χ1n) is 11.3. The number of rotatable bonds is 7. The van der Waals surface area contributed by atoms with Gasteiger partial charge in [-0.25, -0.2) is 8.78 Å². The Morgan fingerprint density at radius 3 is 2.78 bits per heavy atom. The highest BCUT2D eigenvalue weighted by atomic mass is 19.1. The number of aryl methyl sites for hydroxylation is 1. The minimum Gasteiger partial charge on any atom is -0.491 e. The van der Waals surface area contributed by atoms with E-state index >= 15 is 0 Å². The number of carbonyl (C=O) groups excluding carboxylic acids is 1. The Bertz CT molecular complexity index is 1160. The Morgan fingerprint density at radius 2 is 2.03 bits per heavy atom. The summed E-state index contributed by atoms with van der Waals surface area (Å²) in [6.45, 7) is 1.26. The van der Waals surface area contributed by atoms with Crippen molar-refractivity contribution in [2.24, 2.45) is 5.73 Å². The first-order valence-corrected chi connectivity index (χ1v) is 11.3. The molecule has 0 bridgehead atoms. The summed E-state index contributed by atoms with van der Waals surface area (Å²) in [6, 6.07) is 8.01. The molecule has 32 heavy (non-hydrogen) atoms. The van der Waals surface area contributed by atoms with Crippen molar-refractivity contribution >= 4 is 16.8 Å². The number of carbonyl (C=O) groups is 1. The van der Waals surface area contributed by atoms with Gasteiger partial charge in [0, 0.05) is 34.7 Å². The molecule has 7 heteroatoms. The molecule has 1 amide bonds. The van der Waals surface area contributed by atoms with Crippen LogP contribution in [0.4, 0.5) is 8.78 Å². The second-order valence-corrected chi connectivity index (χ2v) is 8.87. The maximum atomic E-state index is 14.6. The summed E-state index contributed by atoms with van der Waals surface area (Å²) in [6.07, 6.45) is 7.66. The van der Waals surface area contributed by atoms with Crippen molar-refractivity contribution in [3.8, 4) is 5.75 Å². The third-order valence-electron chi connectivity index (χ3n) is 6.93. The fraction of sp³-hybridized carbons (Fsp3) is 0.400. The van der Waals surface area contributed by atoms with E-state index in [-0.39, 0.29) is 23.2 Å². The third-order valence-corrected chi connectivity index (χ3v) is 6.93. The van der Waals surface area contributed by atoms with E-state index in [1.54, 1.807) is 12.1 Å². The van der Waals surface area contributed by atoms with Crippen LogP contribution < -0.4 is 10.5 Å². The molecule has 1 atom stereocenters. The van der Waals surface area contributed by atoms with Gasteiger partial charge in [0.25, 0.3) is 5.91 Å². The van der Waals surface area contributed by atoms with Crippen molar-refractivity contribution in [3.63, 3.8) is 0 Å². The van der Waals surface area contributed by atoms with E-state index in [1.807, 2.05) is 6.20 Å². The lowest BCUT2D eigenvalue weighted by Gasteiger charge is -2.44. The lowest BCUT2D eigenvalue weighted by Crippen LogP contribution is -2.51. The summed E-state index contributed by atoms with van der Waals surface area (Å²) >= 11 is 0. The van der Waals surface area contributed by atoms with Gasteiger partial charge in [0.15, 0.2) is 0 Å². The number of aromatic nitrogens is 1. The SMILES string of the molecule is NC(=O)c1ccc(F)c2c1OCC(N(CCCc1c[nH]c3ccc(F)cc13)C1CCC1)C2. The summed E-state index contributed by atoms with van der Waals surface area (Å²) in [5.74, 6) is -0.900. The Kier molecular flexibility index (Phi) is 5.59. The molecule has 0 spiro atoms. The highest BCUT2D eigenvalue weighted by molar-refractivity contribution is 5.96. The number of benzene rings is 2. The smallest absolute Gasteiger partial charge is 0.252 e. The fourth-order valence-electron chi connectivity index (χ4n) is 5.03. The number of nitrogens with one attached hydrogen (secondary N) is 1. The van der Waals surface area contributed by atoms with E-state index in [9.17, 15) is 13.6 Å². The van der Waals surface area contributed by atoms with Crippen LogP contribution in [0.5, 0.6) is 5.75 Å². The zero-order valence-corrected chi connectivity index (χ0v) is 17.9. The lowest BCUT2D eigenvalue weighted by molar-refractivity contribution is 0.0425. The highest BCUT2D eigenvalue weighted by Crippen LogP contribution is 2.35. The summed E-state index contributed by atoms with van der Waals surface area (Å²) < 4.78 is 34.2. The summed E-state index contributed by atoms with van der Waals surface area (Å²) in [7, 11) is 0. The Balaban J connectivity index is 1.31. The predicted octanol–water partition coefficient (Wildman–Crippen LogP) is 4.34. The Hall–Kier alpha value is -2.93. The summed E-state index contributed by atoms with van der Waals surface area (Å²) in [5.41, 5.74) is 8.17. The second kappa shape index (κ2) is 8.54. The van der Waals surface area contributed by atoms with Gasteiger partial charge in [-0.05, 0) is 74.5 Å². The molecule has 1 unspecified atom stereocenters. The monoisotopic (exact) mass is 439 g/mol. The van der Waals surface area contributed by atoms with Crippen LogP contribution in [0.2, 0.25) is 0 Å². The number of primary amides is 1. The lowest BCUT2D eigenvalue weighted by atomic mass is 9.88. The van der Waals surface area contributed by atoms with Crippen LogP contribution in [-0.2, 0) is 12.8 Å². The molecule has 5 nitrogen and oxygen atoms in total. The molecule has 3 aromatic rings. The quantitative estimate of drug-likeness (QED) is 0.576. The Morgan fingerprint density at radius 1 is 1.19 bits per heavy atom. The highest BCUT2D eigenvalue weighted by Gasteiger charge is 2.35. The minimum atomic E-state index is -0.606. The molecular weight excluding hydrogens is 412 g/mol. The number of nitrogens with zero attached hydrogens (tertiary/aromatic N) is 1. The number of hydrogen-bond donors (Lipinski definition) is 2. The number of hydrogen-bond acceptors (Lipinski definition) is 3. The van der Waals surface area contributed by atoms with Crippen LogP contribution in [0, 0.1) is 11.6 Å². The molecule has 2 aliphatic rings. The number of aromatic amines is 1. The molecule has 0 radical (unpaired) electrons. The predicted molar refractivity (Wildman–Crippen MR) is 119 cm³/mol. The van der Waals surface area contributed by atoms with Crippen molar-refractivity contribution in [1.82, 2.24) is 9.88 Å². The molecule has 1 aromatic heterocycles. The molecular formula is C25H27F2N3O2. The number of ether oxygens (including phenoxy) is 1. The van der Waals surface area contributed by atoms with Gasteiger partial charge >= 0.3 is 0 Å². The number of fused-ring (bicyclic) bond motifs is 2. The van der Waals surface area contributed by atoms with Crippen LogP contribution in [0.3, 0.4) is 0 Å². The van der Waals surface area contributed by atoms with Crippen molar-refractivity contribution in [1.29, 1.82) is 0 Å². The molecule has 1 aliphatic heterocycles. The van der Waals surface area contributed by atoms with E-state index in [4.69, 9.17) is 10.5 Å². The van der Waals surface area contributed by atoms with Crippen molar-refractivity contribution in [2.45, 2.75) is 50.6 Å². The van der Waals surface area contributed by atoms with E-state index in [0.29, 0.717) is 30.4 Å². The second-order valence-electron chi connectivity index (χ2n) is 8.87. The van der Waals surface area contributed by atoms with Gasteiger partial charge < -0.3 is 15.5 Å². The van der Waals surface area contributed by atoms with Crippen LogP contribution in [-0.4, -0.2) is 41.0 Å². The fourth-order valence-corrected chi connectivity index (χ4v) is 5.03. The number of amides is 1. The first kappa shape index (κ1) is 20.9. The van der Waals surface area contributed by atoms with E-state index in [2.05, 4.69) is 9.88 Å². The van der Waals surface area contributed by atoms with Gasteiger partial charge in [0.1, 0.15) is 24.0 Å². The molecule has 2 heterocycles. The molecule has 0 saturated heterocycles. The molecule has 3 N–H and O–H groups in total. The standard InChI is InChI=1S/C25H27F2N3O2/c26-16-6-9-23-20(11-16)15(13-29-23)3-2-10-30(17-4-1-5-17)18-12-21-22(27)8-7-19(25(28)31)24(21)32-14-18/h6-9,11,13,17-18,29H,1-5,10,12,14H2,(H2,28,31). The normalized spacial score (nSPS) is 18.4. The van der Waals surface area contributed by atoms with Crippen LogP contribution >= 0.6 is 0 Å². The number of H-pyrrole nitrogens is 1. The van der Waals surface area contributed by atoms with Crippen LogP contribution in [0.1, 0.15) is 47.2 Å². The van der Waals surface area contributed by atoms with Gasteiger partial charge in [-0.2, -0.15) is 0 Å². The zero-order chi connectivity index (χ0) is 22.2. The minimum absolute atomic E-state index is 0.0471. The van der Waals surface area contributed by atoms with Crippen molar-refractivity contribution in [2.75, 3.05) is 13.2 Å². The zero-order valence-electron chi connectivity index (χ0n) is 17.9. The topological polar surface area (TPSA) is 71.4 Å². The largest absolute Gasteiger partial charge is 0.491 e. The van der Waals surface area contributed by atoms with E-state index < -0.39 is 5.91 Å². The molecule has 1 saturated carbocycles. The van der Waals surface area contributed by atoms with Gasteiger partial charge in [0.05, 0.1) is 5.56 Å².